The second-order valence-electron chi connectivity index (χ2n) is 4.64. The molecule has 0 aliphatic carbocycles. The first-order valence-electron chi connectivity index (χ1n) is 6.15. The van der Waals surface area contributed by atoms with Gasteiger partial charge >= 0.3 is 0 Å². The Morgan fingerprint density at radius 3 is 3.21 bits per heavy atom. The largest absolute Gasteiger partial charge is 0.337 e. The van der Waals surface area contributed by atoms with E-state index < -0.39 is 0 Å². The van der Waals surface area contributed by atoms with Gasteiger partial charge < -0.3 is 10.2 Å². The Hall–Kier alpha value is -1.11. The number of thiazole rings is 1. The molecular formula is C12H17ClN4OS. The van der Waals surface area contributed by atoms with Crippen molar-refractivity contribution in [3.63, 3.8) is 0 Å². The van der Waals surface area contributed by atoms with Gasteiger partial charge in [0.2, 0.25) is 5.91 Å². The van der Waals surface area contributed by atoms with E-state index in [1.807, 2.05) is 27.1 Å². The number of carbonyl (C=O) groups is 1. The average molecular weight is 301 g/mol. The smallest absolute Gasteiger partial charge is 0.228 e. The fraction of sp³-hybridized carbons (Fsp3) is 0.500. The van der Waals surface area contributed by atoms with Crippen LogP contribution in [0, 0.1) is 0 Å². The fourth-order valence-corrected chi connectivity index (χ4v) is 3.05. The Kier molecular flexibility index (Phi) is 4.44. The zero-order valence-corrected chi connectivity index (χ0v) is 12.3. The Bertz CT molecular complexity index is 538. The molecule has 1 N–H and O–H groups in total. The lowest BCUT2D eigenvalue weighted by Gasteiger charge is -2.33. The van der Waals surface area contributed by atoms with E-state index in [1.165, 1.54) is 0 Å². The molecule has 0 radical (unpaired) electrons. The van der Waals surface area contributed by atoms with Crippen molar-refractivity contribution >= 4 is 34.6 Å². The maximum Gasteiger partial charge on any atom is 0.228 e. The van der Waals surface area contributed by atoms with Crippen LogP contribution < -0.4 is 5.32 Å². The van der Waals surface area contributed by atoms with Gasteiger partial charge in [-0.05, 0) is 6.92 Å². The third kappa shape index (κ3) is 2.91. The third-order valence-corrected chi connectivity index (χ3v) is 4.07. The summed E-state index contributed by atoms with van der Waals surface area (Å²) in [7, 11) is 0. The number of fused-ring (bicyclic) bond motifs is 1. The van der Waals surface area contributed by atoms with E-state index in [0.717, 1.165) is 30.3 Å². The quantitative estimate of drug-likeness (QED) is 0.906. The zero-order chi connectivity index (χ0) is 12.5. The average Bonchev–Trinajstić information content (AvgIpc) is 2.90. The molecule has 0 bridgehead atoms. The number of halogens is 1. The predicted molar refractivity (Wildman–Crippen MR) is 78.1 cm³/mol. The molecule has 7 heteroatoms. The number of carbonyl (C=O) groups excluding carboxylic acids is 1. The van der Waals surface area contributed by atoms with Crippen molar-refractivity contribution in [2.75, 3.05) is 19.6 Å². The van der Waals surface area contributed by atoms with E-state index in [4.69, 9.17) is 0 Å². The van der Waals surface area contributed by atoms with Crippen LogP contribution in [0.4, 0.5) is 0 Å². The molecule has 0 aromatic carbocycles. The van der Waals surface area contributed by atoms with E-state index in [-0.39, 0.29) is 24.4 Å². The van der Waals surface area contributed by atoms with Crippen LogP contribution in [0.5, 0.6) is 0 Å². The minimum Gasteiger partial charge on any atom is -0.337 e. The maximum atomic E-state index is 12.2. The van der Waals surface area contributed by atoms with Crippen LogP contribution in [-0.4, -0.2) is 45.9 Å². The zero-order valence-electron chi connectivity index (χ0n) is 10.7. The highest BCUT2D eigenvalue weighted by Gasteiger charge is 2.23. The van der Waals surface area contributed by atoms with Crippen molar-refractivity contribution < 1.29 is 4.79 Å². The fourth-order valence-electron chi connectivity index (χ4n) is 2.33. The lowest BCUT2D eigenvalue weighted by molar-refractivity contribution is -0.133. The van der Waals surface area contributed by atoms with Crippen molar-refractivity contribution in [3.8, 4) is 0 Å². The predicted octanol–water partition coefficient (Wildman–Crippen LogP) is 1.18. The molecule has 2 aromatic heterocycles. The second-order valence-corrected chi connectivity index (χ2v) is 5.52. The van der Waals surface area contributed by atoms with Crippen LogP contribution in [0.1, 0.15) is 12.6 Å². The molecule has 19 heavy (non-hydrogen) atoms. The first-order chi connectivity index (χ1) is 8.74. The number of hydrogen-bond acceptors (Lipinski definition) is 4. The highest BCUT2D eigenvalue weighted by atomic mass is 35.5. The van der Waals surface area contributed by atoms with E-state index in [0.29, 0.717) is 6.42 Å². The molecule has 1 atom stereocenters. The summed E-state index contributed by atoms with van der Waals surface area (Å²) in [6.07, 6.45) is 4.31. The van der Waals surface area contributed by atoms with Gasteiger partial charge in [-0.15, -0.1) is 23.7 Å². The molecule has 1 saturated heterocycles. The van der Waals surface area contributed by atoms with Gasteiger partial charge in [0.15, 0.2) is 4.96 Å². The molecule has 1 aliphatic rings. The molecule has 0 unspecified atom stereocenters. The van der Waals surface area contributed by atoms with Gasteiger partial charge in [-0.1, -0.05) is 0 Å². The lowest BCUT2D eigenvalue weighted by Crippen LogP contribution is -2.52. The maximum absolute atomic E-state index is 12.2. The van der Waals surface area contributed by atoms with E-state index in [1.54, 1.807) is 11.3 Å². The normalized spacial score (nSPS) is 19.4. The van der Waals surface area contributed by atoms with Gasteiger partial charge in [0, 0.05) is 43.4 Å². The number of amides is 1. The number of piperazine rings is 1. The van der Waals surface area contributed by atoms with E-state index >= 15 is 0 Å². The molecule has 3 heterocycles. The van der Waals surface area contributed by atoms with Crippen LogP contribution >= 0.6 is 23.7 Å². The molecule has 1 amide bonds. The molecule has 0 saturated carbocycles. The minimum absolute atomic E-state index is 0. The van der Waals surface area contributed by atoms with Gasteiger partial charge in [-0.2, -0.15) is 0 Å². The molecule has 5 nitrogen and oxygen atoms in total. The van der Waals surface area contributed by atoms with Crippen LogP contribution in [0.2, 0.25) is 0 Å². The molecule has 0 spiro atoms. The van der Waals surface area contributed by atoms with Crippen LogP contribution in [0.3, 0.4) is 0 Å². The number of rotatable bonds is 2. The summed E-state index contributed by atoms with van der Waals surface area (Å²) in [6.45, 7) is 4.64. The molecule has 2 aromatic rings. The van der Waals surface area contributed by atoms with Crippen molar-refractivity contribution in [1.82, 2.24) is 19.6 Å². The van der Waals surface area contributed by atoms with Crippen molar-refractivity contribution in [3.05, 3.63) is 23.5 Å². The standard InChI is InChI=1S/C12H16N4OS.ClH/c1-9-7-13-2-3-16(9)11(17)6-10-8-15-4-5-18-12(15)14-10;/h4-5,8-9,13H,2-3,6-7H2,1H3;1H/t9-;/m0./s1. The Morgan fingerprint density at radius 1 is 1.63 bits per heavy atom. The molecule has 1 fully saturated rings. The Labute approximate surface area is 122 Å². The summed E-state index contributed by atoms with van der Waals surface area (Å²) >= 11 is 1.59. The van der Waals surface area contributed by atoms with Crippen LogP contribution in [0.15, 0.2) is 17.8 Å². The molecule has 1 aliphatic heterocycles. The first kappa shape index (κ1) is 14.3. The summed E-state index contributed by atoms with van der Waals surface area (Å²) in [5.41, 5.74) is 0.859. The van der Waals surface area contributed by atoms with Gasteiger partial charge in [0.1, 0.15) is 0 Å². The van der Waals surface area contributed by atoms with Crippen LogP contribution in [-0.2, 0) is 11.2 Å². The number of aromatic nitrogens is 2. The van der Waals surface area contributed by atoms with Gasteiger partial charge in [-0.3, -0.25) is 9.20 Å². The highest BCUT2D eigenvalue weighted by molar-refractivity contribution is 7.15. The molecule has 104 valence electrons. The van der Waals surface area contributed by atoms with Gasteiger partial charge in [0.25, 0.3) is 0 Å². The Balaban J connectivity index is 0.00000133. The minimum atomic E-state index is 0. The van der Waals surface area contributed by atoms with Gasteiger partial charge in [-0.25, -0.2) is 4.98 Å². The number of nitrogens with one attached hydrogen (secondary N) is 1. The highest BCUT2D eigenvalue weighted by Crippen LogP contribution is 2.13. The summed E-state index contributed by atoms with van der Waals surface area (Å²) in [4.78, 5) is 19.6. The summed E-state index contributed by atoms with van der Waals surface area (Å²) in [6, 6.07) is 0.273. The van der Waals surface area contributed by atoms with E-state index in [9.17, 15) is 4.79 Å². The summed E-state index contributed by atoms with van der Waals surface area (Å²) in [5, 5.41) is 5.28. The number of imidazole rings is 1. The van der Waals surface area contributed by atoms with Crippen LogP contribution in [0.25, 0.3) is 4.96 Å². The second kappa shape index (κ2) is 5.90. The Morgan fingerprint density at radius 2 is 2.47 bits per heavy atom. The van der Waals surface area contributed by atoms with Crippen molar-refractivity contribution in [2.45, 2.75) is 19.4 Å². The number of nitrogens with zero attached hydrogens (tertiary/aromatic N) is 3. The monoisotopic (exact) mass is 300 g/mol. The molecule has 3 rings (SSSR count). The van der Waals surface area contributed by atoms with Crippen molar-refractivity contribution in [1.29, 1.82) is 0 Å². The van der Waals surface area contributed by atoms with E-state index in [2.05, 4.69) is 17.2 Å². The summed E-state index contributed by atoms with van der Waals surface area (Å²) in [5.74, 6) is 0.176. The summed E-state index contributed by atoms with van der Waals surface area (Å²) < 4.78 is 1.97. The van der Waals surface area contributed by atoms with Gasteiger partial charge in [0.05, 0.1) is 12.1 Å². The first-order valence-corrected chi connectivity index (χ1v) is 7.03. The van der Waals surface area contributed by atoms with Crippen molar-refractivity contribution in [2.24, 2.45) is 0 Å². The number of hydrogen-bond donors (Lipinski definition) is 1. The lowest BCUT2D eigenvalue weighted by atomic mass is 10.2. The molecular weight excluding hydrogens is 284 g/mol. The SMILES string of the molecule is C[C@H]1CNCCN1C(=O)Cc1cn2ccsc2n1.Cl. The topological polar surface area (TPSA) is 49.6 Å². The third-order valence-electron chi connectivity index (χ3n) is 3.30.